The van der Waals surface area contributed by atoms with E-state index >= 15 is 0 Å². The minimum Gasteiger partial charge on any atom is -0.441 e. The normalized spacial score (nSPS) is 10.7. The van der Waals surface area contributed by atoms with Gasteiger partial charge in [0.15, 0.2) is 0 Å². The van der Waals surface area contributed by atoms with Gasteiger partial charge in [-0.05, 0) is 13.8 Å². The van der Waals surface area contributed by atoms with Crippen molar-refractivity contribution < 1.29 is 4.42 Å². The van der Waals surface area contributed by atoms with Gasteiger partial charge in [0.25, 0.3) is 0 Å². The smallest absolute Gasteiger partial charge is 0.229 e. The third-order valence-corrected chi connectivity index (χ3v) is 2.09. The number of hydrogen-bond donors (Lipinski definition) is 0. The molecule has 13 heavy (non-hydrogen) atoms. The van der Waals surface area contributed by atoms with E-state index in [0.717, 1.165) is 17.0 Å². The number of nitrogens with zero attached hydrogens (tertiary/aromatic N) is 3. The Morgan fingerprint density at radius 3 is 2.54 bits per heavy atom. The van der Waals surface area contributed by atoms with Crippen LogP contribution in [0.4, 0.5) is 0 Å². The molecule has 2 aromatic heterocycles. The van der Waals surface area contributed by atoms with E-state index < -0.39 is 0 Å². The van der Waals surface area contributed by atoms with Crippen molar-refractivity contribution in [3.8, 4) is 11.5 Å². The first-order chi connectivity index (χ1) is 6.18. The van der Waals surface area contributed by atoms with Crippen molar-refractivity contribution in [3.63, 3.8) is 0 Å². The Kier molecular flexibility index (Phi) is 1.69. The molecule has 0 amide bonds. The highest BCUT2D eigenvalue weighted by atomic mass is 16.4. The van der Waals surface area contributed by atoms with E-state index in [1.165, 1.54) is 0 Å². The Bertz CT molecular complexity index is 428. The molecule has 2 rings (SSSR count). The molecule has 0 atom stereocenters. The molecule has 2 heterocycles. The van der Waals surface area contributed by atoms with Gasteiger partial charge < -0.3 is 4.42 Å². The van der Waals surface area contributed by atoms with Crippen molar-refractivity contribution in [2.75, 3.05) is 0 Å². The summed E-state index contributed by atoms with van der Waals surface area (Å²) in [4.78, 5) is 4.14. The van der Waals surface area contributed by atoms with Crippen LogP contribution < -0.4 is 0 Å². The summed E-state index contributed by atoms with van der Waals surface area (Å²) < 4.78 is 7.20. The molecule has 0 unspecified atom stereocenters. The van der Waals surface area contributed by atoms with Crippen molar-refractivity contribution in [2.24, 2.45) is 7.05 Å². The van der Waals surface area contributed by atoms with E-state index in [-0.39, 0.29) is 0 Å². The Morgan fingerprint density at radius 1 is 1.31 bits per heavy atom. The Morgan fingerprint density at radius 2 is 2.08 bits per heavy atom. The van der Waals surface area contributed by atoms with Crippen LogP contribution in [0.3, 0.4) is 0 Å². The van der Waals surface area contributed by atoms with Gasteiger partial charge in [0.1, 0.15) is 5.76 Å². The fourth-order valence-corrected chi connectivity index (χ4v) is 1.19. The third kappa shape index (κ3) is 1.24. The molecule has 4 heteroatoms. The number of aromatic nitrogens is 3. The number of oxazole rings is 1. The van der Waals surface area contributed by atoms with Crippen LogP contribution in [0.2, 0.25) is 0 Å². The summed E-state index contributed by atoms with van der Waals surface area (Å²) in [5, 5.41) is 4.12. The van der Waals surface area contributed by atoms with Crippen LogP contribution in [0.25, 0.3) is 11.5 Å². The summed E-state index contributed by atoms with van der Waals surface area (Å²) in [6.45, 7) is 3.87. The molecular weight excluding hydrogens is 166 g/mol. The maximum Gasteiger partial charge on any atom is 0.229 e. The van der Waals surface area contributed by atoms with Crippen LogP contribution in [0.1, 0.15) is 11.5 Å². The first-order valence-corrected chi connectivity index (χ1v) is 4.10. The van der Waals surface area contributed by atoms with Crippen LogP contribution >= 0.6 is 0 Å². The molecule has 0 N–H and O–H groups in total. The number of rotatable bonds is 1. The molecule has 0 radical (unpaired) electrons. The molecule has 0 saturated heterocycles. The minimum atomic E-state index is 0.642. The molecule has 0 aliphatic heterocycles. The number of hydrogen-bond acceptors (Lipinski definition) is 3. The van der Waals surface area contributed by atoms with Gasteiger partial charge in [0, 0.05) is 12.7 Å². The van der Waals surface area contributed by atoms with E-state index in [0.29, 0.717) is 5.89 Å². The monoisotopic (exact) mass is 177 g/mol. The molecule has 0 fully saturated rings. The molecule has 0 aromatic carbocycles. The Hall–Kier alpha value is -1.58. The molecule has 68 valence electrons. The second-order valence-corrected chi connectivity index (χ2v) is 3.04. The van der Waals surface area contributed by atoms with Gasteiger partial charge in [-0.15, -0.1) is 0 Å². The van der Waals surface area contributed by atoms with Crippen LogP contribution in [0, 0.1) is 13.8 Å². The summed E-state index contributed by atoms with van der Waals surface area (Å²) >= 11 is 0. The maximum atomic E-state index is 5.40. The second kappa shape index (κ2) is 2.73. The summed E-state index contributed by atoms with van der Waals surface area (Å²) in [5.41, 5.74) is 2.01. The van der Waals surface area contributed by atoms with Gasteiger partial charge in [-0.3, -0.25) is 4.68 Å². The molecule has 0 saturated carbocycles. The van der Waals surface area contributed by atoms with Crippen molar-refractivity contribution in [2.45, 2.75) is 13.8 Å². The third-order valence-electron chi connectivity index (χ3n) is 2.09. The lowest BCUT2D eigenvalue weighted by Crippen LogP contribution is -1.92. The predicted molar refractivity (Wildman–Crippen MR) is 48.2 cm³/mol. The number of aryl methyl sites for hydroxylation is 2. The van der Waals surface area contributed by atoms with Crippen molar-refractivity contribution in [1.29, 1.82) is 0 Å². The fraction of sp³-hybridized carbons (Fsp3) is 0.333. The molecular formula is C9H11N3O. The zero-order valence-corrected chi connectivity index (χ0v) is 7.90. The quantitative estimate of drug-likeness (QED) is 0.665. The van der Waals surface area contributed by atoms with Crippen LogP contribution in [-0.4, -0.2) is 14.8 Å². The van der Waals surface area contributed by atoms with Crippen LogP contribution in [0.15, 0.2) is 16.8 Å². The van der Waals surface area contributed by atoms with Crippen LogP contribution in [0.5, 0.6) is 0 Å². The SMILES string of the molecule is Cc1cnc(-c2cnn(C)c2C)o1. The summed E-state index contributed by atoms with van der Waals surface area (Å²) in [6, 6.07) is 0. The topological polar surface area (TPSA) is 43.9 Å². The summed E-state index contributed by atoms with van der Waals surface area (Å²) in [5.74, 6) is 1.46. The lowest BCUT2D eigenvalue weighted by atomic mass is 10.3. The van der Waals surface area contributed by atoms with Gasteiger partial charge >= 0.3 is 0 Å². The lowest BCUT2D eigenvalue weighted by Gasteiger charge is -1.94. The Balaban J connectivity index is 2.52. The minimum absolute atomic E-state index is 0.642. The van der Waals surface area contributed by atoms with Gasteiger partial charge in [0.2, 0.25) is 5.89 Å². The first-order valence-electron chi connectivity index (χ1n) is 4.10. The average Bonchev–Trinajstić information content (AvgIpc) is 2.62. The van der Waals surface area contributed by atoms with Gasteiger partial charge in [-0.2, -0.15) is 5.10 Å². The molecule has 0 bridgehead atoms. The molecule has 0 aliphatic carbocycles. The fourth-order valence-electron chi connectivity index (χ4n) is 1.19. The van der Waals surface area contributed by atoms with E-state index in [1.807, 2.05) is 20.9 Å². The van der Waals surface area contributed by atoms with E-state index in [2.05, 4.69) is 10.1 Å². The van der Waals surface area contributed by atoms with E-state index in [9.17, 15) is 0 Å². The molecule has 2 aromatic rings. The van der Waals surface area contributed by atoms with Crippen LogP contribution in [-0.2, 0) is 7.05 Å². The zero-order chi connectivity index (χ0) is 9.42. The summed E-state index contributed by atoms with van der Waals surface area (Å²) in [6.07, 6.45) is 3.47. The standard InChI is InChI=1S/C9H11N3O/c1-6-4-10-9(13-6)8-5-11-12(3)7(8)2/h4-5H,1-3H3. The van der Waals surface area contributed by atoms with Gasteiger partial charge in [-0.25, -0.2) is 4.98 Å². The van der Waals surface area contributed by atoms with Gasteiger partial charge in [-0.1, -0.05) is 0 Å². The molecule has 0 spiro atoms. The molecule has 4 nitrogen and oxygen atoms in total. The second-order valence-electron chi connectivity index (χ2n) is 3.04. The Labute approximate surface area is 76.2 Å². The van der Waals surface area contributed by atoms with Gasteiger partial charge in [0.05, 0.1) is 18.0 Å². The highest BCUT2D eigenvalue weighted by molar-refractivity contribution is 5.54. The van der Waals surface area contributed by atoms with E-state index in [4.69, 9.17) is 4.42 Å². The largest absolute Gasteiger partial charge is 0.441 e. The average molecular weight is 177 g/mol. The zero-order valence-electron chi connectivity index (χ0n) is 7.90. The molecule has 0 aliphatic rings. The maximum absolute atomic E-state index is 5.40. The lowest BCUT2D eigenvalue weighted by molar-refractivity contribution is 0.542. The van der Waals surface area contributed by atoms with Crippen molar-refractivity contribution in [3.05, 3.63) is 23.8 Å². The highest BCUT2D eigenvalue weighted by Crippen LogP contribution is 2.21. The van der Waals surface area contributed by atoms with E-state index in [1.54, 1.807) is 17.1 Å². The predicted octanol–water partition coefficient (Wildman–Crippen LogP) is 1.69. The first kappa shape index (κ1) is 8.04. The van der Waals surface area contributed by atoms with Crippen molar-refractivity contribution in [1.82, 2.24) is 14.8 Å². The summed E-state index contributed by atoms with van der Waals surface area (Å²) in [7, 11) is 1.90. The highest BCUT2D eigenvalue weighted by Gasteiger charge is 2.10. The van der Waals surface area contributed by atoms with Crippen molar-refractivity contribution >= 4 is 0 Å².